The molecule has 15 heavy (non-hydrogen) atoms. The largest absolute Gasteiger partial charge is 0.379 e. The molecule has 0 fully saturated rings. The zero-order chi connectivity index (χ0) is 11.3. The zero-order valence-electron chi connectivity index (χ0n) is 8.71. The van der Waals surface area contributed by atoms with Crippen molar-refractivity contribution in [3.05, 3.63) is 21.0 Å². The molecular formula is C9H14BrN3OS. The summed E-state index contributed by atoms with van der Waals surface area (Å²) in [6.45, 7) is 4.21. The molecule has 1 aromatic heterocycles. The molecule has 0 bridgehead atoms. The summed E-state index contributed by atoms with van der Waals surface area (Å²) in [6, 6.07) is 0.315. The molecule has 0 saturated carbocycles. The standard InChI is InChI=1S/C9H14BrN3OS/c1-3-15-5-6(2)12-7-4-11-13-9(14)8(7)10/h4,6H,3,5H2,1-2H3,(H2,12,13,14). The molecule has 1 aromatic rings. The Bertz CT molecular complexity index is 369. The number of thioether (sulfide) groups is 1. The predicted molar refractivity (Wildman–Crippen MR) is 68.6 cm³/mol. The maximum atomic E-state index is 11.2. The highest BCUT2D eigenvalue weighted by Crippen LogP contribution is 2.17. The highest BCUT2D eigenvalue weighted by molar-refractivity contribution is 9.10. The van der Waals surface area contributed by atoms with Gasteiger partial charge in [0, 0.05) is 11.8 Å². The maximum absolute atomic E-state index is 11.2. The molecule has 1 atom stereocenters. The molecule has 0 saturated heterocycles. The average Bonchev–Trinajstić information content (AvgIpc) is 2.22. The van der Waals surface area contributed by atoms with Gasteiger partial charge in [0.1, 0.15) is 4.47 Å². The molecule has 1 heterocycles. The summed E-state index contributed by atoms with van der Waals surface area (Å²) in [4.78, 5) is 11.2. The van der Waals surface area contributed by atoms with Gasteiger partial charge in [0.25, 0.3) is 5.56 Å². The lowest BCUT2D eigenvalue weighted by atomic mass is 10.3. The lowest BCUT2D eigenvalue weighted by Crippen LogP contribution is -2.21. The third-order valence-corrected chi connectivity index (χ3v) is 3.70. The number of aromatic amines is 1. The van der Waals surface area contributed by atoms with Crippen LogP contribution in [-0.2, 0) is 0 Å². The second-order valence-corrected chi connectivity index (χ2v) is 5.24. The number of nitrogens with one attached hydrogen (secondary N) is 2. The Morgan fingerprint density at radius 1 is 1.73 bits per heavy atom. The molecule has 2 N–H and O–H groups in total. The quantitative estimate of drug-likeness (QED) is 0.872. The first-order valence-corrected chi connectivity index (χ1v) is 6.67. The molecule has 84 valence electrons. The normalized spacial score (nSPS) is 12.5. The highest BCUT2D eigenvalue weighted by atomic mass is 79.9. The van der Waals surface area contributed by atoms with E-state index in [1.54, 1.807) is 6.20 Å². The maximum Gasteiger partial charge on any atom is 0.280 e. The Balaban J connectivity index is 2.64. The van der Waals surface area contributed by atoms with Gasteiger partial charge in [-0.2, -0.15) is 16.9 Å². The first-order chi connectivity index (χ1) is 7.15. The molecule has 6 heteroatoms. The number of rotatable bonds is 5. The summed E-state index contributed by atoms with van der Waals surface area (Å²) in [6.07, 6.45) is 1.61. The minimum absolute atomic E-state index is 0.213. The predicted octanol–water partition coefficient (Wildman–Crippen LogP) is 2.09. The lowest BCUT2D eigenvalue weighted by Gasteiger charge is -2.14. The van der Waals surface area contributed by atoms with E-state index in [2.05, 4.69) is 45.3 Å². The van der Waals surface area contributed by atoms with Crippen molar-refractivity contribution in [1.29, 1.82) is 0 Å². The van der Waals surface area contributed by atoms with Crippen LogP contribution < -0.4 is 10.9 Å². The van der Waals surface area contributed by atoms with Crippen molar-refractivity contribution in [1.82, 2.24) is 10.2 Å². The van der Waals surface area contributed by atoms with Crippen LogP contribution in [0.3, 0.4) is 0 Å². The summed E-state index contributed by atoms with van der Waals surface area (Å²) in [5.41, 5.74) is 0.526. The zero-order valence-corrected chi connectivity index (χ0v) is 11.1. The number of aromatic nitrogens is 2. The fourth-order valence-electron chi connectivity index (χ4n) is 1.09. The van der Waals surface area contributed by atoms with Crippen molar-refractivity contribution in [3.8, 4) is 0 Å². The first kappa shape index (κ1) is 12.6. The van der Waals surface area contributed by atoms with Gasteiger partial charge in [-0.15, -0.1) is 0 Å². The lowest BCUT2D eigenvalue weighted by molar-refractivity contribution is 0.895. The van der Waals surface area contributed by atoms with Crippen LogP contribution in [-0.4, -0.2) is 27.7 Å². The van der Waals surface area contributed by atoms with Crippen LogP contribution in [0.25, 0.3) is 0 Å². The van der Waals surface area contributed by atoms with E-state index >= 15 is 0 Å². The second kappa shape index (κ2) is 6.17. The van der Waals surface area contributed by atoms with E-state index in [1.165, 1.54) is 0 Å². The van der Waals surface area contributed by atoms with Crippen LogP contribution in [0, 0.1) is 0 Å². The van der Waals surface area contributed by atoms with Crippen LogP contribution in [0.2, 0.25) is 0 Å². The van der Waals surface area contributed by atoms with Crippen molar-refractivity contribution >= 4 is 33.4 Å². The van der Waals surface area contributed by atoms with Gasteiger partial charge in [-0.05, 0) is 28.6 Å². The third kappa shape index (κ3) is 3.87. The molecule has 0 aliphatic carbocycles. The van der Waals surface area contributed by atoms with Gasteiger partial charge in [0.05, 0.1) is 11.9 Å². The van der Waals surface area contributed by atoms with Crippen molar-refractivity contribution in [2.24, 2.45) is 0 Å². The van der Waals surface area contributed by atoms with Crippen molar-refractivity contribution < 1.29 is 0 Å². The average molecular weight is 292 g/mol. The Kier molecular flexibility index (Phi) is 5.17. The summed E-state index contributed by atoms with van der Waals surface area (Å²) in [5, 5.41) is 9.34. The van der Waals surface area contributed by atoms with E-state index in [4.69, 9.17) is 0 Å². The SMILES string of the molecule is CCSCC(C)Nc1cn[nH]c(=O)c1Br. The smallest absolute Gasteiger partial charge is 0.280 e. The van der Waals surface area contributed by atoms with Gasteiger partial charge in [-0.3, -0.25) is 4.79 Å². The number of halogens is 1. The Labute approximate surface area is 101 Å². The number of hydrogen-bond acceptors (Lipinski definition) is 4. The van der Waals surface area contributed by atoms with Crippen LogP contribution in [0.5, 0.6) is 0 Å². The highest BCUT2D eigenvalue weighted by Gasteiger charge is 2.07. The van der Waals surface area contributed by atoms with Gasteiger partial charge in [0.15, 0.2) is 0 Å². The molecular weight excluding hydrogens is 278 g/mol. The van der Waals surface area contributed by atoms with Gasteiger partial charge in [0.2, 0.25) is 0 Å². The molecule has 0 spiro atoms. The molecule has 0 aliphatic heterocycles. The van der Waals surface area contributed by atoms with Crippen molar-refractivity contribution in [3.63, 3.8) is 0 Å². The van der Waals surface area contributed by atoms with Crippen LogP contribution in [0.1, 0.15) is 13.8 Å². The van der Waals surface area contributed by atoms with Gasteiger partial charge in [-0.1, -0.05) is 6.92 Å². The second-order valence-electron chi connectivity index (χ2n) is 3.13. The van der Waals surface area contributed by atoms with Gasteiger partial charge < -0.3 is 5.32 Å². The van der Waals surface area contributed by atoms with E-state index in [-0.39, 0.29) is 5.56 Å². The third-order valence-electron chi connectivity index (χ3n) is 1.77. The number of nitrogens with zero attached hydrogens (tertiary/aromatic N) is 1. The molecule has 1 rings (SSSR count). The number of hydrogen-bond donors (Lipinski definition) is 2. The monoisotopic (exact) mass is 291 g/mol. The number of H-pyrrole nitrogens is 1. The van der Waals surface area contributed by atoms with Crippen molar-refractivity contribution in [2.75, 3.05) is 16.8 Å². The van der Waals surface area contributed by atoms with Crippen LogP contribution >= 0.6 is 27.7 Å². The van der Waals surface area contributed by atoms with Crippen molar-refractivity contribution in [2.45, 2.75) is 19.9 Å². The Morgan fingerprint density at radius 3 is 3.13 bits per heavy atom. The van der Waals surface area contributed by atoms with E-state index < -0.39 is 0 Å². The molecule has 0 aliphatic rings. The van der Waals surface area contributed by atoms with E-state index in [9.17, 15) is 4.79 Å². The molecule has 0 aromatic carbocycles. The minimum atomic E-state index is -0.213. The topological polar surface area (TPSA) is 57.8 Å². The first-order valence-electron chi connectivity index (χ1n) is 4.72. The summed E-state index contributed by atoms with van der Waals surface area (Å²) in [5.74, 6) is 2.11. The Hall–Kier alpha value is -0.490. The molecule has 1 unspecified atom stereocenters. The molecule has 0 radical (unpaired) electrons. The Morgan fingerprint density at radius 2 is 2.47 bits per heavy atom. The van der Waals surface area contributed by atoms with Gasteiger partial charge >= 0.3 is 0 Å². The minimum Gasteiger partial charge on any atom is -0.379 e. The summed E-state index contributed by atoms with van der Waals surface area (Å²) < 4.78 is 0.505. The molecule has 4 nitrogen and oxygen atoms in total. The van der Waals surface area contributed by atoms with E-state index in [0.29, 0.717) is 10.5 Å². The van der Waals surface area contributed by atoms with Crippen LogP contribution in [0.15, 0.2) is 15.5 Å². The summed E-state index contributed by atoms with van der Waals surface area (Å²) in [7, 11) is 0. The fourth-order valence-corrected chi connectivity index (χ4v) is 2.06. The molecule has 0 amide bonds. The van der Waals surface area contributed by atoms with Crippen LogP contribution in [0.4, 0.5) is 5.69 Å². The van der Waals surface area contributed by atoms with E-state index in [0.717, 1.165) is 17.2 Å². The van der Waals surface area contributed by atoms with Gasteiger partial charge in [-0.25, -0.2) is 5.10 Å². The summed E-state index contributed by atoms with van der Waals surface area (Å²) >= 11 is 5.09. The fraction of sp³-hybridized carbons (Fsp3) is 0.556. The number of anilines is 1. The van der Waals surface area contributed by atoms with E-state index in [1.807, 2.05) is 11.8 Å².